The van der Waals surface area contributed by atoms with Crippen LogP contribution in [0.2, 0.25) is 0 Å². The fourth-order valence-electron chi connectivity index (χ4n) is 3.46. The monoisotopic (exact) mass is 345 g/mol. The number of hydrogen-bond acceptors (Lipinski definition) is 4. The van der Waals surface area contributed by atoms with E-state index < -0.39 is 6.10 Å². The number of amides is 1. The Morgan fingerprint density at radius 2 is 2.04 bits per heavy atom. The molecule has 6 heteroatoms. The molecule has 1 N–H and O–H groups in total. The van der Waals surface area contributed by atoms with Gasteiger partial charge in [0.25, 0.3) is 5.91 Å². The molecule has 1 fully saturated rings. The number of likely N-dealkylation sites (N-methyl/N-ethyl adjacent to an activating group) is 1. The second-order valence-corrected chi connectivity index (χ2v) is 6.59. The van der Waals surface area contributed by atoms with Crippen LogP contribution in [0.25, 0.3) is 10.9 Å². The quantitative estimate of drug-likeness (QED) is 0.860. The molecule has 136 valence electrons. The van der Waals surface area contributed by atoms with Crippen molar-refractivity contribution in [1.29, 1.82) is 0 Å². The normalized spacial score (nSPS) is 16.9. The van der Waals surface area contributed by atoms with Crippen LogP contribution in [0.3, 0.4) is 0 Å². The third-order valence-electron chi connectivity index (χ3n) is 4.75. The number of rotatable bonds is 6. The van der Waals surface area contributed by atoms with E-state index in [4.69, 9.17) is 4.74 Å². The lowest BCUT2D eigenvalue weighted by Crippen LogP contribution is -2.45. The SMILES string of the molecule is CCn1c(C(=O)N(C)CC(O)CN2CCOCC2)cc2ccccc21. The number of para-hydroxylation sites is 1. The first-order valence-electron chi connectivity index (χ1n) is 8.92. The maximum Gasteiger partial charge on any atom is 0.270 e. The second kappa shape index (κ2) is 7.99. The van der Waals surface area contributed by atoms with Crippen molar-refractivity contribution in [1.82, 2.24) is 14.4 Å². The highest BCUT2D eigenvalue weighted by atomic mass is 16.5. The minimum Gasteiger partial charge on any atom is -0.390 e. The van der Waals surface area contributed by atoms with Crippen LogP contribution in [0.5, 0.6) is 0 Å². The summed E-state index contributed by atoms with van der Waals surface area (Å²) in [5.41, 5.74) is 1.74. The van der Waals surface area contributed by atoms with Gasteiger partial charge in [0, 0.05) is 50.7 Å². The molecule has 3 rings (SSSR count). The Kier molecular flexibility index (Phi) is 5.73. The highest BCUT2D eigenvalue weighted by Gasteiger charge is 2.22. The number of aliphatic hydroxyl groups excluding tert-OH is 1. The third kappa shape index (κ3) is 4.03. The van der Waals surface area contributed by atoms with E-state index in [0.717, 1.165) is 30.5 Å². The molecule has 2 heterocycles. The van der Waals surface area contributed by atoms with Crippen LogP contribution in [-0.2, 0) is 11.3 Å². The predicted octanol–water partition coefficient (Wildman–Crippen LogP) is 1.43. The number of aromatic nitrogens is 1. The van der Waals surface area contributed by atoms with Crippen LogP contribution in [-0.4, -0.2) is 77.9 Å². The third-order valence-corrected chi connectivity index (χ3v) is 4.75. The number of β-amino-alcohol motifs (C(OH)–C–C–N with tert-alkyl or cyclic N) is 1. The first kappa shape index (κ1) is 17.9. The number of ether oxygens (including phenoxy) is 1. The molecule has 25 heavy (non-hydrogen) atoms. The molecule has 1 aliphatic heterocycles. The maximum absolute atomic E-state index is 12.9. The molecule has 0 saturated carbocycles. The van der Waals surface area contributed by atoms with Crippen molar-refractivity contribution >= 4 is 16.8 Å². The van der Waals surface area contributed by atoms with Gasteiger partial charge in [-0.05, 0) is 19.1 Å². The molecule has 1 atom stereocenters. The van der Waals surface area contributed by atoms with E-state index in [-0.39, 0.29) is 5.91 Å². The molecular formula is C19H27N3O3. The number of carbonyl (C=O) groups is 1. The molecule has 1 aromatic carbocycles. The van der Waals surface area contributed by atoms with Gasteiger partial charge in [-0.2, -0.15) is 0 Å². The average Bonchev–Trinajstić information content (AvgIpc) is 3.00. The van der Waals surface area contributed by atoms with Gasteiger partial charge >= 0.3 is 0 Å². The minimum absolute atomic E-state index is 0.0564. The van der Waals surface area contributed by atoms with Crippen molar-refractivity contribution in [3.8, 4) is 0 Å². The van der Waals surface area contributed by atoms with E-state index in [0.29, 0.717) is 32.0 Å². The van der Waals surface area contributed by atoms with Crippen molar-refractivity contribution in [2.24, 2.45) is 0 Å². The summed E-state index contributed by atoms with van der Waals surface area (Å²) in [5.74, 6) is -0.0564. The minimum atomic E-state index is -0.563. The van der Waals surface area contributed by atoms with Crippen LogP contribution in [0.4, 0.5) is 0 Å². The molecule has 1 unspecified atom stereocenters. The van der Waals surface area contributed by atoms with Crippen molar-refractivity contribution in [3.05, 3.63) is 36.0 Å². The summed E-state index contributed by atoms with van der Waals surface area (Å²) in [4.78, 5) is 16.7. The van der Waals surface area contributed by atoms with Crippen LogP contribution < -0.4 is 0 Å². The van der Waals surface area contributed by atoms with Crippen LogP contribution >= 0.6 is 0 Å². The Labute approximate surface area is 148 Å². The van der Waals surface area contributed by atoms with Gasteiger partial charge < -0.3 is 19.3 Å². The zero-order valence-corrected chi connectivity index (χ0v) is 15.0. The molecule has 0 radical (unpaired) electrons. The average molecular weight is 345 g/mol. The van der Waals surface area contributed by atoms with Gasteiger partial charge in [0.1, 0.15) is 5.69 Å². The lowest BCUT2D eigenvalue weighted by atomic mass is 10.2. The number of fused-ring (bicyclic) bond motifs is 1. The van der Waals surface area contributed by atoms with Crippen LogP contribution in [0.15, 0.2) is 30.3 Å². The summed E-state index contributed by atoms with van der Waals surface area (Å²) < 4.78 is 7.35. The van der Waals surface area contributed by atoms with Gasteiger partial charge in [-0.25, -0.2) is 0 Å². The zero-order chi connectivity index (χ0) is 17.8. The van der Waals surface area contributed by atoms with E-state index in [2.05, 4.69) is 4.90 Å². The first-order chi connectivity index (χ1) is 12.1. The summed E-state index contributed by atoms with van der Waals surface area (Å²) in [6.45, 7) is 6.74. The Morgan fingerprint density at radius 1 is 1.32 bits per heavy atom. The molecule has 0 spiro atoms. The molecule has 2 aromatic rings. The molecule has 1 aliphatic rings. The van der Waals surface area contributed by atoms with Gasteiger partial charge in [-0.15, -0.1) is 0 Å². The van der Waals surface area contributed by atoms with Crippen molar-refractivity contribution < 1.29 is 14.6 Å². The molecule has 0 aliphatic carbocycles. The smallest absolute Gasteiger partial charge is 0.270 e. The summed E-state index contributed by atoms with van der Waals surface area (Å²) in [5, 5.41) is 11.4. The van der Waals surface area contributed by atoms with Crippen molar-refractivity contribution in [3.63, 3.8) is 0 Å². The first-order valence-corrected chi connectivity index (χ1v) is 8.92. The largest absolute Gasteiger partial charge is 0.390 e. The lowest BCUT2D eigenvalue weighted by molar-refractivity contribution is 0.00870. The molecule has 0 bridgehead atoms. The van der Waals surface area contributed by atoms with Crippen LogP contribution in [0.1, 0.15) is 17.4 Å². The topological polar surface area (TPSA) is 57.9 Å². The van der Waals surface area contributed by atoms with E-state index in [9.17, 15) is 9.90 Å². The van der Waals surface area contributed by atoms with Gasteiger partial charge in [-0.3, -0.25) is 9.69 Å². The zero-order valence-electron chi connectivity index (χ0n) is 15.0. The van der Waals surface area contributed by atoms with Crippen molar-refractivity contribution in [2.45, 2.75) is 19.6 Å². The summed E-state index contributed by atoms with van der Waals surface area (Å²) in [7, 11) is 1.75. The Morgan fingerprint density at radius 3 is 2.76 bits per heavy atom. The van der Waals surface area contributed by atoms with Crippen LogP contribution in [0, 0.1) is 0 Å². The van der Waals surface area contributed by atoms with Gasteiger partial charge in [0.15, 0.2) is 0 Å². The van der Waals surface area contributed by atoms with Gasteiger partial charge in [0.2, 0.25) is 0 Å². The maximum atomic E-state index is 12.9. The number of morpholine rings is 1. The number of hydrogen-bond donors (Lipinski definition) is 1. The summed E-state index contributed by atoms with van der Waals surface area (Å²) in [6.07, 6.45) is -0.563. The van der Waals surface area contributed by atoms with E-state index in [1.807, 2.05) is 41.8 Å². The fraction of sp³-hybridized carbons (Fsp3) is 0.526. The Bertz CT molecular complexity index is 722. The van der Waals surface area contributed by atoms with E-state index in [1.54, 1.807) is 11.9 Å². The lowest BCUT2D eigenvalue weighted by Gasteiger charge is -2.30. The number of nitrogens with zero attached hydrogens (tertiary/aromatic N) is 3. The number of aliphatic hydroxyl groups is 1. The number of benzene rings is 1. The molecular weight excluding hydrogens is 318 g/mol. The van der Waals surface area contributed by atoms with Gasteiger partial charge in [-0.1, -0.05) is 18.2 Å². The molecule has 1 amide bonds. The Balaban J connectivity index is 1.67. The highest BCUT2D eigenvalue weighted by Crippen LogP contribution is 2.21. The predicted molar refractivity (Wildman–Crippen MR) is 97.8 cm³/mol. The highest BCUT2D eigenvalue weighted by molar-refractivity contribution is 5.98. The molecule has 6 nitrogen and oxygen atoms in total. The van der Waals surface area contributed by atoms with E-state index in [1.165, 1.54) is 0 Å². The molecule has 1 saturated heterocycles. The number of aryl methyl sites for hydroxylation is 1. The summed E-state index contributed by atoms with van der Waals surface area (Å²) in [6, 6.07) is 9.95. The standard InChI is InChI=1S/C19H27N3O3/c1-3-22-17-7-5-4-6-15(17)12-18(22)19(24)20(2)13-16(23)14-21-8-10-25-11-9-21/h4-7,12,16,23H,3,8-11,13-14H2,1-2H3. The number of carbonyl (C=O) groups excluding carboxylic acids is 1. The van der Waals surface area contributed by atoms with E-state index >= 15 is 0 Å². The second-order valence-electron chi connectivity index (χ2n) is 6.59. The summed E-state index contributed by atoms with van der Waals surface area (Å²) >= 11 is 0. The molecule has 1 aromatic heterocycles. The Hall–Kier alpha value is -1.89. The van der Waals surface area contributed by atoms with Crippen molar-refractivity contribution in [2.75, 3.05) is 46.4 Å². The fourth-order valence-corrected chi connectivity index (χ4v) is 3.46. The van der Waals surface area contributed by atoms with Gasteiger partial charge in [0.05, 0.1) is 19.3 Å².